The van der Waals surface area contributed by atoms with Crippen molar-refractivity contribution in [3.05, 3.63) is 35.4 Å². The van der Waals surface area contributed by atoms with Gasteiger partial charge in [-0.1, -0.05) is 6.07 Å². The minimum Gasteiger partial charge on any atom is -0.319 e. The molecule has 0 radical (unpaired) electrons. The van der Waals surface area contributed by atoms with Crippen LogP contribution in [-0.2, 0) is 5.54 Å². The molecule has 0 saturated carbocycles. The van der Waals surface area contributed by atoms with Crippen LogP contribution in [0.4, 0.5) is 8.78 Å². The number of nitrogens with one attached hydrogen (secondary N) is 1. The minimum atomic E-state index is -0.866. The third-order valence-electron chi connectivity index (χ3n) is 2.34. The molecule has 0 spiro atoms. The highest BCUT2D eigenvalue weighted by atomic mass is 19.1. The monoisotopic (exact) mass is 184 g/mol. The predicted molar refractivity (Wildman–Crippen MR) is 45.1 cm³/mol. The molecule has 1 fully saturated rings. The second-order valence-corrected chi connectivity index (χ2v) is 3.36. The van der Waals surface area contributed by atoms with Crippen LogP contribution < -0.4 is 11.1 Å². The summed E-state index contributed by atoms with van der Waals surface area (Å²) in [6, 6.07) is 3.79. The number of rotatable bonds is 1. The molecular weight excluding hydrogens is 174 g/mol. The molecule has 2 nitrogen and oxygen atoms in total. The van der Waals surface area contributed by atoms with Gasteiger partial charge >= 0.3 is 0 Å². The van der Waals surface area contributed by atoms with Crippen LogP contribution in [-0.4, -0.2) is 13.1 Å². The van der Waals surface area contributed by atoms with Gasteiger partial charge in [0.05, 0.1) is 5.54 Å². The van der Waals surface area contributed by atoms with Gasteiger partial charge in [-0.2, -0.15) is 0 Å². The van der Waals surface area contributed by atoms with E-state index < -0.39 is 17.2 Å². The first-order valence-corrected chi connectivity index (χ1v) is 4.07. The number of halogens is 2. The van der Waals surface area contributed by atoms with Gasteiger partial charge in [0.15, 0.2) is 0 Å². The quantitative estimate of drug-likeness (QED) is 0.675. The highest BCUT2D eigenvalue weighted by Crippen LogP contribution is 2.27. The van der Waals surface area contributed by atoms with Crippen molar-refractivity contribution >= 4 is 0 Å². The summed E-state index contributed by atoms with van der Waals surface area (Å²) in [5.74, 6) is -1.13. The van der Waals surface area contributed by atoms with Crippen molar-refractivity contribution in [3.8, 4) is 0 Å². The lowest BCUT2D eigenvalue weighted by Crippen LogP contribution is -2.63. The Labute approximate surface area is 74.7 Å². The van der Waals surface area contributed by atoms with E-state index in [2.05, 4.69) is 5.32 Å². The maximum absolute atomic E-state index is 13.2. The van der Waals surface area contributed by atoms with E-state index >= 15 is 0 Å². The molecule has 1 aliphatic heterocycles. The van der Waals surface area contributed by atoms with Crippen LogP contribution >= 0.6 is 0 Å². The lowest BCUT2D eigenvalue weighted by molar-refractivity contribution is 0.267. The minimum absolute atomic E-state index is 0.00579. The fraction of sp³-hybridized carbons (Fsp3) is 0.333. The predicted octanol–water partition coefficient (Wildman–Crippen LogP) is 0.722. The molecule has 1 heterocycles. The van der Waals surface area contributed by atoms with E-state index in [1.165, 1.54) is 18.2 Å². The molecule has 4 heteroatoms. The van der Waals surface area contributed by atoms with Gasteiger partial charge in [0, 0.05) is 18.7 Å². The Bertz CT molecular complexity index is 314. The van der Waals surface area contributed by atoms with Crippen molar-refractivity contribution in [2.45, 2.75) is 5.54 Å². The second-order valence-electron chi connectivity index (χ2n) is 3.36. The molecule has 13 heavy (non-hydrogen) atoms. The van der Waals surface area contributed by atoms with Gasteiger partial charge in [-0.15, -0.1) is 0 Å². The zero-order valence-electron chi connectivity index (χ0n) is 6.98. The number of nitrogens with two attached hydrogens (primary N) is 1. The zero-order chi connectivity index (χ0) is 9.47. The van der Waals surface area contributed by atoms with Crippen molar-refractivity contribution < 1.29 is 8.78 Å². The molecule has 0 aliphatic carbocycles. The maximum atomic E-state index is 13.2. The van der Waals surface area contributed by atoms with E-state index in [0.717, 1.165) is 0 Å². The average Bonchev–Trinajstić information content (AvgIpc) is 2.01. The molecular formula is C9H10F2N2. The molecule has 0 unspecified atom stereocenters. The summed E-state index contributed by atoms with van der Waals surface area (Å²) >= 11 is 0. The summed E-state index contributed by atoms with van der Waals surface area (Å²) in [6.45, 7) is 0.843. The van der Waals surface area contributed by atoms with Crippen molar-refractivity contribution in [2.24, 2.45) is 5.73 Å². The first-order chi connectivity index (χ1) is 6.13. The summed E-state index contributed by atoms with van der Waals surface area (Å²) in [5.41, 5.74) is 4.91. The lowest BCUT2D eigenvalue weighted by Gasteiger charge is -2.39. The standard InChI is InChI=1S/C9H10F2N2/c10-6-2-1-3-7(11)8(6)9(12)4-13-5-9/h1-3,13H,4-5,12H2. The molecule has 1 saturated heterocycles. The smallest absolute Gasteiger partial charge is 0.131 e. The van der Waals surface area contributed by atoms with Gasteiger partial charge in [-0.3, -0.25) is 0 Å². The molecule has 2 rings (SSSR count). The Hall–Kier alpha value is -1.00. The summed E-state index contributed by atoms with van der Waals surface area (Å²) in [4.78, 5) is 0. The van der Waals surface area contributed by atoms with Crippen LogP contribution in [0.1, 0.15) is 5.56 Å². The Morgan fingerprint density at radius 2 is 1.77 bits per heavy atom. The molecule has 3 N–H and O–H groups in total. The summed E-state index contributed by atoms with van der Waals surface area (Å²) < 4.78 is 26.4. The van der Waals surface area contributed by atoms with Crippen LogP contribution in [0.2, 0.25) is 0 Å². The Kier molecular flexibility index (Phi) is 1.82. The summed E-state index contributed by atoms with van der Waals surface area (Å²) in [7, 11) is 0. The molecule has 1 aromatic rings. The number of hydrogen-bond acceptors (Lipinski definition) is 2. The average molecular weight is 184 g/mol. The fourth-order valence-electron chi connectivity index (χ4n) is 1.54. The summed E-state index contributed by atoms with van der Waals surface area (Å²) in [6.07, 6.45) is 0. The molecule has 1 aliphatic rings. The van der Waals surface area contributed by atoms with Gasteiger partial charge in [0.25, 0.3) is 0 Å². The topological polar surface area (TPSA) is 38.0 Å². The molecule has 1 aromatic carbocycles. The Morgan fingerprint density at radius 3 is 2.15 bits per heavy atom. The van der Waals surface area contributed by atoms with Crippen LogP contribution in [0, 0.1) is 11.6 Å². The van der Waals surface area contributed by atoms with Gasteiger partial charge in [-0.05, 0) is 12.1 Å². The van der Waals surface area contributed by atoms with Crippen molar-refractivity contribution in [1.82, 2.24) is 5.32 Å². The normalized spacial score (nSPS) is 19.6. The van der Waals surface area contributed by atoms with Crippen LogP contribution in [0.15, 0.2) is 18.2 Å². The largest absolute Gasteiger partial charge is 0.319 e. The Balaban J connectivity index is 2.49. The molecule has 70 valence electrons. The van der Waals surface area contributed by atoms with Crippen molar-refractivity contribution in [3.63, 3.8) is 0 Å². The Morgan fingerprint density at radius 1 is 1.23 bits per heavy atom. The van der Waals surface area contributed by atoms with Crippen LogP contribution in [0.25, 0.3) is 0 Å². The van der Waals surface area contributed by atoms with E-state index in [9.17, 15) is 8.78 Å². The van der Waals surface area contributed by atoms with Crippen molar-refractivity contribution in [2.75, 3.05) is 13.1 Å². The van der Waals surface area contributed by atoms with E-state index in [0.29, 0.717) is 13.1 Å². The van der Waals surface area contributed by atoms with Gasteiger partial charge < -0.3 is 11.1 Å². The molecule has 0 aromatic heterocycles. The highest BCUT2D eigenvalue weighted by molar-refractivity contribution is 5.31. The fourth-order valence-corrected chi connectivity index (χ4v) is 1.54. The second kappa shape index (κ2) is 2.75. The maximum Gasteiger partial charge on any atom is 0.131 e. The zero-order valence-corrected chi connectivity index (χ0v) is 6.98. The van der Waals surface area contributed by atoms with Gasteiger partial charge in [0.1, 0.15) is 11.6 Å². The third-order valence-corrected chi connectivity index (χ3v) is 2.34. The van der Waals surface area contributed by atoms with E-state index in [4.69, 9.17) is 5.73 Å². The van der Waals surface area contributed by atoms with Crippen LogP contribution in [0.3, 0.4) is 0 Å². The van der Waals surface area contributed by atoms with Crippen molar-refractivity contribution in [1.29, 1.82) is 0 Å². The van der Waals surface area contributed by atoms with Crippen LogP contribution in [0.5, 0.6) is 0 Å². The van der Waals surface area contributed by atoms with Gasteiger partial charge in [-0.25, -0.2) is 8.78 Å². The number of benzene rings is 1. The molecule has 0 bridgehead atoms. The SMILES string of the molecule is NC1(c2c(F)cccc2F)CNC1. The highest BCUT2D eigenvalue weighted by Gasteiger charge is 2.38. The first kappa shape index (κ1) is 8.59. The number of hydrogen-bond donors (Lipinski definition) is 2. The van der Waals surface area contributed by atoms with E-state index in [1.807, 2.05) is 0 Å². The van der Waals surface area contributed by atoms with E-state index in [-0.39, 0.29) is 5.56 Å². The van der Waals surface area contributed by atoms with E-state index in [1.54, 1.807) is 0 Å². The summed E-state index contributed by atoms with van der Waals surface area (Å²) in [5, 5.41) is 2.90. The third kappa shape index (κ3) is 1.22. The lowest BCUT2D eigenvalue weighted by atomic mass is 9.85. The first-order valence-electron chi connectivity index (χ1n) is 4.07. The molecule has 0 amide bonds. The molecule has 0 atom stereocenters. The van der Waals surface area contributed by atoms with Gasteiger partial charge in [0.2, 0.25) is 0 Å².